The summed E-state index contributed by atoms with van der Waals surface area (Å²) < 4.78 is 18.0. The smallest absolute Gasteiger partial charge is 0.228 e. The van der Waals surface area contributed by atoms with Crippen molar-refractivity contribution in [1.82, 2.24) is 30.5 Å². The number of halogens is 1. The van der Waals surface area contributed by atoms with Crippen LogP contribution in [-0.4, -0.2) is 56.6 Å². The molecule has 0 radical (unpaired) electrons. The number of fused-ring (bicyclic) bond motifs is 1. The minimum atomic E-state index is -0.637. The van der Waals surface area contributed by atoms with Gasteiger partial charge in [0, 0.05) is 26.1 Å². The maximum Gasteiger partial charge on any atom is 0.228 e. The van der Waals surface area contributed by atoms with Crippen molar-refractivity contribution in [1.29, 1.82) is 0 Å². The summed E-state index contributed by atoms with van der Waals surface area (Å²) in [4.78, 5) is 34.9. The number of piperidine rings is 1. The molecule has 2 N–H and O–H groups in total. The lowest BCUT2D eigenvalue weighted by Gasteiger charge is -2.39. The third-order valence-corrected chi connectivity index (χ3v) is 6.03. The van der Waals surface area contributed by atoms with Crippen molar-refractivity contribution in [2.45, 2.75) is 46.0 Å². The molecule has 1 aliphatic heterocycles. The highest BCUT2D eigenvalue weighted by Crippen LogP contribution is 2.30. The Balaban J connectivity index is 1.27. The maximum atomic E-state index is 13.3. The Kier molecular flexibility index (Phi) is 6.20. The molecule has 2 aromatic heterocycles. The molecule has 1 fully saturated rings. The predicted molar refractivity (Wildman–Crippen MR) is 114 cm³/mol. The van der Waals surface area contributed by atoms with Crippen LogP contribution in [-0.2, 0) is 22.4 Å². The first-order valence-electron chi connectivity index (χ1n) is 10.8. The third-order valence-electron chi connectivity index (χ3n) is 6.03. The number of amides is 2. The van der Waals surface area contributed by atoms with E-state index >= 15 is 0 Å². The minimum absolute atomic E-state index is 0.0547. The molecule has 4 rings (SSSR count). The first-order chi connectivity index (χ1) is 15.3. The molecule has 3 aromatic rings. The molecule has 1 saturated heterocycles. The number of nitrogens with zero attached hydrogens (tertiary/aromatic N) is 4. The van der Waals surface area contributed by atoms with Crippen LogP contribution in [0, 0.1) is 18.2 Å². The number of benzene rings is 1. The van der Waals surface area contributed by atoms with Crippen molar-refractivity contribution < 1.29 is 18.6 Å². The zero-order valence-corrected chi connectivity index (χ0v) is 18.3. The van der Waals surface area contributed by atoms with E-state index in [4.69, 9.17) is 0 Å². The zero-order chi connectivity index (χ0) is 22.7. The Hall–Kier alpha value is -3.30. The second kappa shape index (κ2) is 9.05. The molecule has 1 atom stereocenters. The van der Waals surface area contributed by atoms with Gasteiger partial charge in [-0.05, 0) is 51.3 Å². The molecule has 1 aliphatic rings. The lowest BCUT2D eigenvalue weighted by atomic mass is 9.80. The second-order valence-corrected chi connectivity index (χ2v) is 8.66. The number of nitrogens with one attached hydrogen (secondary N) is 2. The fourth-order valence-electron chi connectivity index (χ4n) is 4.13. The van der Waals surface area contributed by atoms with Crippen molar-refractivity contribution >= 4 is 22.8 Å². The molecule has 10 heteroatoms. The van der Waals surface area contributed by atoms with Crippen molar-refractivity contribution in [3.05, 3.63) is 41.2 Å². The molecule has 1 unspecified atom stereocenters. The number of carbonyl (C=O) groups excluding carboxylic acids is 2. The van der Waals surface area contributed by atoms with Gasteiger partial charge in [0.15, 0.2) is 0 Å². The molecule has 1 aromatic carbocycles. The quantitative estimate of drug-likeness (QED) is 0.543. The maximum absolute atomic E-state index is 13.3. The van der Waals surface area contributed by atoms with Crippen LogP contribution in [0.25, 0.3) is 11.0 Å². The van der Waals surface area contributed by atoms with E-state index in [1.54, 1.807) is 17.9 Å². The highest BCUT2D eigenvalue weighted by molar-refractivity contribution is 5.84. The molecule has 32 heavy (non-hydrogen) atoms. The highest BCUT2D eigenvalue weighted by Gasteiger charge is 2.39. The molecular weight excluding hydrogens is 415 g/mol. The largest absolute Gasteiger partial charge is 0.356 e. The van der Waals surface area contributed by atoms with Gasteiger partial charge in [0.2, 0.25) is 11.8 Å². The Bertz CT molecular complexity index is 1130. The summed E-state index contributed by atoms with van der Waals surface area (Å²) in [6.07, 6.45) is 2.95. The number of hydrogen-bond acceptors (Lipinski definition) is 6. The van der Waals surface area contributed by atoms with Gasteiger partial charge in [0.05, 0.1) is 22.9 Å². The van der Waals surface area contributed by atoms with E-state index in [1.165, 1.54) is 12.1 Å². The SMILES string of the molecule is Cc1nonc1CC(=O)N1CCCC(C)(C(=O)NCCCc2nc3ccc(F)cc3[nH]2)C1. The number of rotatable bonds is 7. The fourth-order valence-corrected chi connectivity index (χ4v) is 4.13. The van der Waals surface area contributed by atoms with Crippen molar-refractivity contribution in [3.63, 3.8) is 0 Å². The Morgan fingerprint density at radius 2 is 2.19 bits per heavy atom. The van der Waals surface area contributed by atoms with Gasteiger partial charge in [-0.2, -0.15) is 0 Å². The number of aromatic nitrogens is 4. The van der Waals surface area contributed by atoms with E-state index in [2.05, 4.69) is 30.2 Å². The Morgan fingerprint density at radius 3 is 2.97 bits per heavy atom. The van der Waals surface area contributed by atoms with Crippen molar-refractivity contribution in [3.8, 4) is 0 Å². The molecule has 2 amide bonds. The summed E-state index contributed by atoms with van der Waals surface area (Å²) in [6.45, 7) is 5.14. The summed E-state index contributed by atoms with van der Waals surface area (Å²) in [5, 5.41) is 10.5. The van der Waals surface area contributed by atoms with Crippen LogP contribution < -0.4 is 5.32 Å². The van der Waals surface area contributed by atoms with Gasteiger partial charge < -0.3 is 15.2 Å². The van der Waals surface area contributed by atoms with Crippen LogP contribution in [0.3, 0.4) is 0 Å². The molecule has 9 nitrogen and oxygen atoms in total. The summed E-state index contributed by atoms with van der Waals surface area (Å²) in [6, 6.07) is 4.45. The van der Waals surface area contributed by atoms with Gasteiger partial charge >= 0.3 is 0 Å². The van der Waals surface area contributed by atoms with Crippen molar-refractivity contribution in [2.24, 2.45) is 5.41 Å². The summed E-state index contributed by atoms with van der Waals surface area (Å²) in [7, 11) is 0. The van der Waals surface area contributed by atoms with E-state index in [9.17, 15) is 14.0 Å². The van der Waals surface area contributed by atoms with E-state index in [-0.39, 0.29) is 24.1 Å². The van der Waals surface area contributed by atoms with Crippen LogP contribution in [0.15, 0.2) is 22.8 Å². The third kappa shape index (κ3) is 4.79. The predicted octanol–water partition coefficient (Wildman–Crippen LogP) is 2.31. The van der Waals surface area contributed by atoms with Crippen LogP contribution >= 0.6 is 0 Å². The van der Waals surface area contributed by atoms with Crippen molar-refractivity contribution in [2.75, 3.05) is 19.6 Å². The normalized spacial score (nSPS) is 18.8. The van der Waals surface area contributed by atoms with E-state index in [0.29, 0.717) is 49.4 Å². The van der Waals surface area contributed by atoms with Gasteiger partial charge in [-0.3, -0.25) is 9.59 Å². The zero-order valence-electron chi connectivity index (χ0n) is 18.3. The van der Waals surface area contributed by atoms with Gasteiger partial charge in [-0.25, -0.2) is 14.0 Å². The molecule has 0 saturated carbocycles. The fraction of sp³-hybridized carbons (Fsp3) is 0.500. The molecule has 0 spiro atoms. The molecule has 170 valence electrons. The number of aromatic amines is 1. The number of likely N-dealkylation sites (tertiary alicyclic amines) is 1. The van der Waals surface area contributed by atoms with Gasteiger partial charge in [-0.1, -0.05) is 10.3 Å². The first-order valence-corrected chi connectivity index (χ1v) is 10.8. The number of hydrogen-bond donors (Lipinski definition) is 2. The molecule has 0 bridgehead atoms. The summed E-state index contributed by atoms with van der Waals surface area (Å²) >= 11 is 0. The lowest BCUT2D eigenvalue weighted by molar-refractivity contribution is -0.140. The topological polar surface area (TPSA) is 117 Å². The summed E-state index contributed by atoms with van der Waals surface area (Å²) in [5.41, 5.74) is 1.88. The highest BCUT2D eigenvalue weighted by atomic mass is 19.1. The number of aryl methyl sites for hydroxylation is 2. The molecular formula is C22H27FN6O3. The van der Waals surface area contributed by atoms with Gasteiger partial charge in [-0.15, -0.1) is 0 Å². The van der Waals surface area contributed by atoms with Crippen LogP contribution in [0.1, 0.15) is 43.4 Å². The average Bonchev–Trinajstić information content (AvgIpc) is 3.36. The Morgan fingerprint density at radius 1 is 1.34 bits per heavy atom. The lowest BCUT2D eigenvalue weighted by Crippen LogP contribution is -2.52. The molecule has 3 heterocycles. The minimum Gasteiger partial charge on any atom is -0.356 e. The second-order valence-electron chi connectivity index (χ2n) is 8.66. The number of carbonyl (C=O) groups is 2. The van der Waals surface area contributed by atoms with Gasteiger partial charge in [0.1, 0.15) is 23.0 Å². The van der Waals surface area contributed by atoms with E-state index in [0.717, 1.165) is 24.2 Å². The number of H-pyrrole nitrogens is 1. The number of imidazole rings is 1. The van der Waals surface area contributed by atoms with Gasteiger partial charge in [0.25, 0.3) is 0 Å². The van der Waals surface area contributed by atoms with E-state index < -0.39 is 5.41 Å². The summed E-state index contributed by atoms with van der Waals surface area (Å²) in [5.74, 6) is 0.323. The van der Waals surface area contributed by atoms with Crippen LogP contribution in [0.2, 0.25) is 0 Å². The average molecular weight is 442 g/mol. The van der Waals surface area contributed by atoms with E-state index in [1.807, 2.05) is 6.92 Å². The first kappa shape index (κ1) is 21.9. The molecule has 0 aliphatic carbocycles. The standard InChI is InChI=1S/C22H27FN6O3/c1-14-17(28-32-27-14)12-20(30)29-10-4-8-22(2,13-29)21(31)24-9-3-5-19-25-16-7-6-15(23)11-18(16)26-19/h6-7,11H,3-5,8-10,12-13H2,1-2H3,(H,24,31)(H,25,26). The van der Waals surface area contributed by atoms with Crippen LogP contribution in [0.5, 0.6) is 0 Å². The Labute approximate surface area is 184 Å². The monoisotopic (exact) mass is 442 g/mol. The van der Waals surface area contributed by atoms with Crippen LogP contribution in [0.4, 0.5) is 4.39 Å².